The van der Waals surface area contributed by atoms with Gasteiger partial charge in [0.1, 0.15) is 5.60 Å². The third kappa shape index (κ3) is 3.50. The number of benzene rings is 1. The van der Waals surface area contributed by atoms with Crippen molar-refractivity contribution in [2.24, 2.45) is 0 Å². The molecule has 1 fully saturated rings. The Balaban J connectivity index is 2.41. The summed E-state index contributed by atoms with van der Waals surface area (Å²) in [6.45, 7) is 11.5. The molecular formula is C20H28O3. The van der Waals surface area contributed by atoms with E-state index in [9.17, 15) is 9.90 Å². The second-order valence-corrected chi connectivity index (χ2v) is 7.65. The quantitative estimate of drug-likeness (QED) is 0.670. The van der Waals surface area contributed by atoms with Crippen LogP contribution in [0.5, 0.6) is 0 Å². The van der Waals surface area contributed by atoms with Crippen molar-refractivity contribution in [1.29, 1.82) is 0 Å². The molecule has 1 saturated carbocycles. The number of carbonyl (C=O) groups excluding carboxylic acids is 1. The lowest BCUT2D eigenvalue weighted by atomic mass is 9.61. The van der Waals surface area contributed by atoms with Gasteiger partial charge in [-0.05, 0) is 45.1 Å². The van der Waals surface area contributed by atoms with E-state index in [2.05, 4.69) is 32.6 Å². The van der Waals surface area contributed by atoms with E-state index >= 15 is 0 Å². The van der Waals surface area contributed by atoms with E-state index in [0.29, 0.717) is 31.3 Å². The fourth-order valence-corrected chi connectivity index (χ4v) is 3.43. The van der Waals surface area contributed by atoms with Crippen LogP contribution in [0, 0.1) is 0 Å². The highest BCUT2D eigenvalue weighted by molar-refractivity contribution is 5.87. The summed E-state index contributed by atoms with van der Waals surface area (Å²) in [6.07, 6.45) is 2.52. The molecule has 0 amide bonds. The molecule has 0 saturated heterocycles. The summed E-state index contributed by atoms with van der Waals surface area (Å²) in [5.41, 5.74) is -0.129. The summed E-state index contributed by atoms with van der Waals surface area (Å²) < 4.78 is 6.00. The Hall–Kier alpha value is -1.61. The van der Waals surface area contributed by atoms with Crippen LogP contribution in [0.1, 0.15) is 58.9 Å². The zero-order valence-electron chi connectivity index (χ0n) is 14.7. The predicted molar refractivity (Wildman–Crippen MR) is 92.2 cm³/mol. The minimum absolute atomic E-state index is 0.351. The van der Waals surface area contributed by atoms with Crippen LogP contribution in [-0.4, -0.2) is 22.3 Å². The van der Waals surface area contributed by atoms with E-state index in [1.165, 1.54) is 0 Å². The van der Waals surface area contributed by atoms with Crippen molar-refractivity contribution in [2.45, 2.75) is 70.0 Å². The second kappa shape index (κ2) is 6.12. The number of hydrogen-bond acceptors (Lipinski definition) is 3. The molecule has 0 atom stereocenters. The molecule has 0 aromatic heterocycles. The monoisotopic (exact) mass is 316 g/mol. The van der Waals surface area contributed by atoms with Crippen molar-refractivity contribution >= 4 is 5.97 Å². The lowest BCUT2D eigenvalue weighted by Gasteiger charge is -2.51. The van der Waals surface area contributed by atoms with Gasteiger partial charge in [0.05, 0.1) is 5.60 Å². The van der Waals surface area contributed by atoms with Crippen molar-refractivity contribution in [3.8, 4) is 0 Å². The normalized spacial score (nSPS) is 28.2. The molecule has 23 heavy (non-hydrogen) atoms. The molecule has 126 valence electrons. The first kappa shape index (κ1) is 17.7. The Morgan fingerprint density at radius 3 is 2.17 bits per heavy atom. The topological polar surface area (TPSA) is 46.5 Å². The number of hydrogen-bond donors (Lipinski definition) is 1. The number of ether oxygens (including phenoxy) is 1. The van der Waals surface area contributed by atoms with Crippen LogP contribution in [0.3, 0.4) is 0 Å². The van der Waals surface area contributed by atoms with Gasteiger partial charge in [0.2, 0.25) is 0 Å². The molecular weight excluding hydrogens is 288 g/mol. The molecule has 0 bridgehead atoms. The summed E-state index contributed by atoms with van der Waals surface area (Å²) in [5.74, 6) is -0.351. The largest absolute Gasteiger partial charge is 0.455 e. The summed E-state index contributed by atoms with van der Waals surface area (Å²) in [6, 6.07) is 10.1. The van der Waals surface area contributed by atoms with Crippen LogP contribution < -0.4 is 0 Å². The molecule has 0 spiro atoms. The van der Waals surface area contributed by atoms with Gasteiger partial charge in [0.25, 0.3) is 0 Å². The Bertz CT molecular complexity index is 574. The first-order chi connectivity index (χ1) is 10.6. The van der Waals surface area contributed by atoms with Gasteiger partial charge in [-0.25, -0.2) is 4.79 Å². The average Bonchev–Trinajstić information content (AvgIpc) is 2.50. The molecule has 0 aliphatic heterocycles. The van der Waals surface area contributed by atoms with Crippen LogP contribution in [0.25, 0.3) is 0 Å². The SMILES string of the molecule is C=C(C)C(=O)OC1(C(C)(C)c2ccccc2)CCC(C)(O)CC1. The number of rotatable bonds is 4. The van der Waals surface area contributed by atoms with Crippen LogP contribution in [0.2, 0.25) is 0 Å². The molecule has 3 nitrogen and oxygen atoms in total. The van der Waals surface area contributed by atoms with Crippen molar-refractivity contribution in [1.82, 2.24) is 0 Å². The highest BCUT2D eigenvalue weighted by atomic mass is 16.6. The van der Waals surface area contributed by atoms with Gasteiger partial charge in [-0.1, -0.05) is 50.8 Å². The van der Waals surface area contributed by atoms with Gasteiger partial charge >= 0.3 is 5.97 Å². The van der Waals surface area contributed by atoms with Crippen LogP contribution in [-0.2, 0) is 14.9 Å². The van der Waals surface area contributed by atoms with Crippen molar-refractivity contribution in [2.75, 3.05) is 0 Å². The third-order valence-electron chi connectivity index (χ3n) is 5.41. The standard InChI is InChI=1S/C20H28O3/c1-15(2)17(21)23-20(13-11-19(5,22)12-14-20)18(3,4)16-9-7-6-8-10-16/h6-10,22H,1,11-14H2,2-5H3. The van der Waals surface area contributed by atoms with E-state index in [1.807, 2.05) is 25.1 Å². The smallest absolute Gasteiger partial charge is 0.333 e. The van der Waals surface area contributed by atoms with E-state index < -0.39 is 11.2 Å². The zero-order valence-corrected chi connectivity index (χ0v) is 14.7. The molecule has 1 aliphatic carbocycles. The van der Waals surface area contributed by atoms with Crippen LogP contribution in [0.15, 0.2) is 42.5 Å². The number of carbonyl (C=O) groups is 1. The molecule has 1 aromatic carbocycles. The Labute approximate surface area is 139 Å². The number of esters is 1. The fourth-order valence-electron chi connectivity index (χ4n) is 3.43. The molecule has 3 heteroatoms. The maximum atomic E-state index is 12.3. The Morgan fingerprint density at radius 1 is 1.17 bits per heavy atom. The summed E-state index contributed by atoms with van der Waals surface area (Å²) in [4.78, 5) is 12.3. The number of aliphatic hydroxyl groups is 1. The zero-order chi connectivity index (χ0) is 17.3. The minimum Gasteiger partial charge on any atom is -0.455 e. The fraction of sp³-hybridized carbons (Fsp3) is 0.550. The first-order valence-electron chi connectivity index (χ1n) is 8.26. The van der Waals surface area contributed by atoms with Gasteiger partial charge in [-0.15, -0.1) is 0 Å². The van der Waals surface area contributed by atoms with Gasteiger partial charge in [-0.3, -0.25) is 0 Å². The average molecular weight is 316 g/mol. The van der Waals surface area contributed by atoms with Crippen molar-refractivity contribution in [3.63, 3.8) is 0 Å². The van der Waals surface area contributed by atoms with Gasteiger partial charge < -0.3 is 9.84 Å². The van der Waals surface area contributed by atoms with E-state index in [1.54, 1.807) is 6.92 Å². The molecule has 1 aromatic rings. The highest BCUT2D eigenvalue weighted by Crippen LogP contribution is 2.49. The molecule has 1 N–H and O–H groups in total. The summed E-state index contributed by atoms with van der Waals surface area (Å²) in [5, 5.41) is 10.3. The molecule has 0 unspecified atom stereocenters. The van der Waals surface area contributed by atoms with Crippen molar-refractivity contribution < 1.29 is 14.6 Å². The molecule has 2 rings (SSSR count). The Kier molecular flexibility index (Phi) is 4.72. The molecule has 0 radical (unpaired) electrons. The van der Waals surface area contributed by atoms with Gasteiger partial charge in [-0.2, -0.15) is 0 Å². The van der Waals surface area contributed by atoms with E-state index in [-0.39, 0.29) is 11.4 Å². The maximum absolute atomic E-state index is 12.3. The van der Waals surface area contributed by atoms with E-state index in [0.717, 1.165) is 5.56 Å². The first-order valence-corrected chi connectivity index (χ1v) is 8.26. The van der Waals surface area contributed by atoms with Crippen molar-refractivity contribution in [3.05, 3.63) is 48.0 Å². The summed E-state index contributed by atoms with van der Waals surface area (Å²) in [7, 11) is 0. The van der Waals surface area contributed by atoms with Gasteiger partial charge in [0.15, 0.2) is 0 Å². The lowest BCUT2D eigenvalue weighted by molar-refractivity contribution is -0.176. The maximum Gasteiger partial charge on any atom is 0.333 e. The van der Waals surface area contributed by atoms with Crippen LogP contribution in [0.4, 0.5) is 0 Å². The summed E-state index contributed by atoms with van der Waals surface area (Å²) >= 11 is 0. The Morgan fingerprint density at radius 2 is 1.70 bits per heavy atom. The highest BCUT2D eigenvalue weighted by Gasteiger charge is 2.52. The molecule has 0 heterocycles. The van der Waals surface area contributed by atoms with Crippen LogP contribution >= 0.6 is 0 Å². The molecule has 1 aliphatic rings. The van der Waals surface area contributed by atoms with E-state index in [4.69, 9.17) is 4.74 Å². The minimum atomic E-state index is -0.689. The van der Waals surface area contributed by atoms with Gasteiger partial charge in [0, 0.05) is 11.0 Å². The third-order valence-corrected chi connectivity index (χ3v) is 5.41. The predicted octanol–water partition coefficient (Wildman–Crippen LogP) is 4.15. The lowest BCUT2D eigenvalue weighted by Crippen LogP contribution is -2.55. The second-order valence-electron chi connectivity index (χ2n) is 7.65.